The van der Waals surface area contributed by atoms with Crippen molar-refractivity contribution in [1.82, 2.24) is 24.6 Å². The van der Waals surface area contributed by atoms with Gasteiger partial charge in [0.25, 0.3) is 5.56 Å². The number of nitrogens with one attached hydrogen (secondary N) is 1. The van der Waals surface area contributed by atoms with Crippen LogP contribution in [0, 0.1) is 0 Å². The summed E-state index contributed by atoms with van der Waals surface area (Å²) in [5.41, 5.74) is 4.55. The van der Waals surface area contributed by atoms with E-state index in [1.54, 1.807) is 13.2 Å². The molecule has 7 heteroatoms. The molecule has 2 aromatic heterocycles. The molecular formula is C27H25N5O2. The second kappa shape index (κ2) is 9.33. The number of hydrogen-bond acceptors (Lipinski definition) is 5. The van der Waals surface area contributed by atoms with Gasteiger partial charge >= 0.3 is 0 Å². The Bertz CT molecular complexity index is 1470. The van der Waals surface area contributed by atoms with E-state index in [2.05, 4.69) is 21.1 Å². The van der Waals surface area contributed by atoms with Crippen LogP contribution < -0.4 is 10.3 Å². The first kappa shape index (κ1) is 21.6. The molecule has 0 saturated carbocycles. The SMILES string of the molecule is COc1ccc(-c2nn(-c3ccccc3)cc2CN(C)Cc2nc3ccccc3c(=O)[nH]2)cc1. The number of benzene rings is 3. The average molecular weight is 452 g/mol. The lowest BCUT2D eigenvalue weighted by Crippen LogP contribution is -2.22. The van der Waals surface area contributed by atoms with Gasteiger partial charge in [0.1, 0.15) is 11.6 Å². The van der Waals surface area contributed by atoms with Gasteiger partial charge in [-0.15, -0.1) is 0 Å². The van der Waals surface area contributed by atoms with Crippen LogP contribution in [-0.2, 0) is 13.1 Å². The van der Waals surface area contributed by atoms with E-state index in [1.807, 2.05) is 84.5 Å². The van der Waals surface area contributed by atoms with Gasteiger partial charge in [0.2, 0.25) is 0 Å². The van der Waals surface area contributed by atoms with Crippen LogP contribution in [0.3, 0.4) is 0 Å². The Morgan fingerprint density at radius 2 is 1.68 bits per heavy atom. The molecule has 0 aliphatic carbocycles. The molecule has 0 atom stereocenters. The third-order valence-corrected chi connectivity index (χ3v) is 5.70. The van der Waals surface area contributed by atoms with Gasteiger partial charge in [-0.1, -0.05) is 30.3 Å². The number of aromatic amines is 1. The van der Waals surface area contributed by atoms with E-state index >= 15 is 0 Å². The van der Waals surface area contributed by atoms with Crippen LogP contribution in [0.5, 0.6) is 5.75 Å². The Hall–Kier alpha value is -4.23. The Kier molecular flexibility index (Phi) is 5.93. The minimum absolute atomic E-state index is 0.121. The highest BCUT2D eigenvalue weighted by atomic mass is 16.5. The zero-order valence-electron chi connectivity index (χ0n) is 19.1. The summed E-state index contributed by atoms with van der Waals surface area (Å²) in [5, 5.41) is 5.49. The van der Waals surface area contributed by atoms with Crippen LogP contribution >= 0.6 is 0 Å². The minimum Gasteiger partial charge on any atom is -0.497 e. The second-order valence-electron chi connectivity index (χ2n) is 8.21. The topological polar surface area (TPSA) is 76.0 Å². The molecule has 0 fully saturated rings. The third kappa shape index (κ3) is 4.46. The molecule has 0 aliphatic rings. The summed E-state index contributed by atoms with van der Waals surface area (Å²) in [6.07, 6.45) is 2.06. The Balaban J connectivity index is 1.46. The van der Waals surface area contributed by atoms with E-state index in [0.29, 0.717) is 29.8 Å². The van der Waals surface area contributed by atoms with Crippen LogP contribution in [-0.4, -0.2) is 38.8 Å². The first-order valence-corrected chi connectivity index (χ1v) is 11.1. The molecule has 170 valence electrons. The largest absolute Gasteiger partial charge is 0.497 e. The fourth-order valence-corrected chi connectivity index (χ4v) is 4.04. The highest BCUT2D eigenvalue weighted by Crippen LogP contribution is 2.27. The molecule has 7 nitrogen and oxygen atoms in total. The summed E-state index contributed by atoms with van der Waals surface area (Å²) in [6, 6.07) is 25.3. The summed E-state index contributed by atoms with van der Waals surface area (Å²) in [5.74, 6) is 1.43. The smallest absolute Gasteiger partial charge is 0.258 e. The molecule has 0 aliphatic heterocycles. The molecule has 0 spiro atoms. The zero-order chi connectivity index (χ0) is 23.5. The second-order valence-corrected chi connectivity index (χ2v) is 8.21. The lowest BCUT2D eigenvalue weighted by molar-refractivity contribution is 0.311. The van der Waals surface area contributed by atoms with Crippen molar-refractivity contribution in [2.75, 3.05) is 14.2 Å². The number of aromatic nitrogens is 4. The molecule has 0 bridgehead atoms. The predicted molar refractivity (Wildman–Crippen MR) is 133 cm³/mol. The van der Waals surface area contributed by atoms with Crippen molar-refractivity contribution in [2.24, 2.45) is 0 Å². The Labute approximate surface area is 197 Å². The molecule has 0 saturated heterocycles. The molecule has 3 aromatic carbocycles. The number of ether oxygens (including phenoxy) is 1. The number of H-pyrrole nitrogens is 1. The Morgan fingerprint density at radius 3 is 2.44 bits per heavy atom. The molecule has 5 aromatic rings. The highest BCUT2D eigenvalue weighted by molar-refractivity contribution is 5.77. The van der Waals surface area contributed by atoms with Gasteiger partial charge in [-0.3, -0.25) is 9.69 Å². The summed E-state index contributed by atoms with van der Waals surface area (Å²) in [7, 11) is 3.66. The quantitative estimate of drug-likeness (QED) is 0.397. The van der Waals surface area contributed by atoms with Crippen molar-refractivity contribution in [1.29, 1.82) is 0 Å². The molecule has 1 N–H and O–H groups in total. The lowest BCUT2D eigenvalue weighted by Gasteiger charge is -2.16. The number of nitrogens with zero attached hydrogens (tertiary/aromatic N) is 4. The van der Waals surface area contributed by atoms with Crippen LogP contribution in [0.15, 0.2) is 89.9 Å². The first-order chi connectivity index (χ1) is 16.6. The third-order valence-electron chi connectivity index (χ3n) is 5.70. The van der Waals surface area contributed by atoms with Crippen molar-refractivity contribution >= 4 is 10.9 Å². The fraction of sp³-hybridized carbons (Fsp3) is 0.148. The van der Waals surface area contributed by atoms with E-state index in [4.69, 9.17) is 9.84 Å². The molecule has 34 heavy (non-hydrogen) atoms. The highest BCUT2D eigenvalue weighted by Gasteiger charge is 2.15. The van der Waals surface area contributed by atoms with Gasteiger partial charge in [0.05, 0.1) is 35.9 Å². The van der Waals surface area contributed by atoms with E-state index < -0.39 is 0 Å². The van der Waals surface area contributed by atoms with E-state index in [-0.39, 0.29) is 5.56 Å². The van der Waals surface area contributed by atoms with Gasteiger partial charge in [-0.2, -0.15) is 5.10 Å². The van der Waals surface area contributed by atoms with E-state index in [0.717, 1.165) is 28.3 Å². The summed E-state index contributed by atoms with van der Waals surface area (Å²) >= 11 is 0. The molecule has 0 amide bonds. The maximum absolute atomic E-state index is 12.5. The summed E-state index contributed by atoms with van der Waals surface area (Å²) in [4.78, 5) is 22.1. The molecule has 0 radical (unpaired) electrons. The van der Waals surface area contributed by atoms with Gasteiger partial charge < -0.3 is 9.72 Å². The van der Waals surface area contributed by atoms with Crippen LogP contribution in [0.4, 0.5) is 0 Å². The average Bonchev–Trinajstić information content (AvgIpc) is 3.28. The summed E-state index contributed by atoms with van der Waals surface area (Å²) < 4.78 is 7.21. The maximum Gasteiger partial charge on any atom is 0.258 e. The van der Waals surface area contributed by atoms with Crippen LogP contribution in [0.2, 0.25) is 0 Å². The predicted octanol–water partition coefficient (Wildman–Crippen LogP) is 4.42. The van der Waals surface area contributed by atoms with Gasteiger partial charge in [0, 0.05) is 23.9 Å². The molecule has 2 heterocycles. The standard InChI is InChI=1S/C27H25N5O2/c1-31(18-25-28-24-11-7-6-10-23(24)27(33)29-25)16-20-17-32(21-8-4-3-5-9-21)30-26(20)19-12-14-22(34-2)15-13-19/h3-15,17H,16,18H2,1-2H3,(H,28,29,33). The number of methoxy groups -OCH3 is 1. The first-order valence-electron chi connectivity index (χ1n) is 11.1. The van der Waals surface area contributed by atoms with Crippen molar-refractivity contribution in [3.8, 4) is 22.7 Å². The van der Waals surface area contributed by atoms with Crippen molar-refractivity contribution in [2.45, 2.75) is 13.1 Å². The normalized spacial score (nSPS) is 11.3. The van der Waals surface area contributed by atoms with Gasteiger partial charge in [-0.05, 0) is 55.6 Å². The number of para-hydroxylation sites is 2. The van der Waals surface area contributed by atoms with Crippen molar-refractivity contribution in [3.05, 3.63) is 107 Å². The molecule has 5 rings (SSSR count). The lowest BCUT2D eigenvalue weighted by atomic mass is 10.1. The monoisotopic (exact) mass is 451 g/mol. The Morgan fingerprint density at radius 1 is 0.941 bits per heavy atom. The number of fused-ring (bicyclic) bond motifs is 1. The number of hydrogen-bond donors (Lipinski definition) is 1. The van der Waals surface area contributed by atoms with Crippen LogP contribution in [0.1, 0.15) is 11.4 Å². The van der Waals surface area contributed by atoms with Gasteiger partial charge in [-0.25, -0.2) is 9.67 Å². The maximum atomic E-state index is 12.5. The van der Waals surface area contributed by atoms with E-state index in [9.17, 15) is 4.79 Å². The molecule has 0 unspecified atom stereocenters. The fourth-order valence-electron chi connectivity index (χ4n) is 4.04. The molecular weight excluding hydrogens is 426 g/mol. The summed E-state index contributed by atoms with van der Waals surface area (Å²) in [6.45, 7) is 1.13. The number of rotatable bonds is 7. The zero-order valence-corrected chi connectivity index (χ0v) is 19.1. The van der Waals surface area contributed by atoms with Crippen molar-refractivity contribution < 1.29 is 4.74 Å². The van der Waals surface area contributed by atoms with E-state index in [1.165, 1.54) is 0 Å². The van der Waals surface area contributed by atoms with Gasteiger partial charge in [0.15, 0.2) is 0 Å². The van der Waals surface area contributed by atoms with Crippen molar-refractivity contribution in [3.63, 3.8) is 0 Å². The van der Waals surface area contributed by atoms with Crippen LogP contribution in [0.25, 0.3) is 27.8 Å². The minimum atomic E-state index is -0.121.